The Morgan fingerprint density at radius 2 is 1.77 bits per heavy atom. The summed E-state index contributed by atoms with van der Waals surface area (Å²) in [4.78, 5) is 9.03. The molecule has 0 amide bonds. The van der Waals surface area contributed by atoms with Crippen LogP contribution >= 0.6 is 0 Å². The standard InChI is InChI=1S/C17H20N2O3/c1-20-15-7-12-13(8-16(15)21-2)19-17(9-18-12)22-14-6-10-3-4-11(14)5-10/h7-11,14H,3-6H2,1-2H3/t10?,11?,14-/m0/s1. The first kappa shape index (κ1) is 13.6. The van der Waals surface area contributed by atoms with E-state index >= 15 is 0 Å². The Kier molecular flexibility index (Phi) is 3.28. The van der Waals surface area contributed by atoms with Gasteiger partial charge in [-0.05, 0) is 37.5 Å². The van der Waals surface area contributed by atoms with Gasteiger partial charge in [0.15, 0.2) is 11.5 Å². The summed E-state index contributed by atoms with van der Waals surface area (Å²) < 4.78 is 16.7. The molecule has 4 rings (SSSR count). The minimum absolute atomic E-state index is 0.311. The number of fused-ring (bicyclic) bond motifs is 3. The Labute approximate surface area is 129 Å². The molecule has 1 aromatic carbocycles. The number of hydrogen-bond donors (Lipinski definition) is 0. The predicted octanol–water partition coefficient (Wildman–Crippen LogP) is 3.21. The number of ether oxygens (including phenoxy) is 3. The van der Waals surface area contributed by atoms with E-state index in [2.05, 4.69) is 9.97 Å². The minimum Gasteiger partial charge on any atom is -0.493 e. The van der Waals surface area contributed by atoms with Crippen molar-refractivity contribution in [2.24, 2.45) is 11.8 Å². The summed E-state index contributed by atoms with van der Waals surface area (Å²) >= 11 is 0. The van der Waals surface area contributed by atoms with Gasteiger partial charge in [-0.1, -0.05) is 0 Å². The largest absolute Gasteiger partial charge is 0.493 e. The molecule has 2 saturated carbocycles. The van der Waals surface area contributed by atoms with Crippen molar-refractivity contribution in [1.82, 2.24) is 9.97 Å². The van der Waals surface area contributed by atoms with E-state index in [9.17, 15) is 0 Å². The molecular formula is C17H20N2O3. The van der Waals surface area contributed by atoms with Crippen molar-refractivity contribution < 1.29 is 14.2 Å². The van der Waals surface area contributed by atoms with Gasteiger partial charge in [0.05, 0.1) is 31.4 Å². The third-order valence-corrected chi connectivity index (χ3v) is 4.97. The van der Waals surface area contributed by atoms with E-state index in [1.807, 2.05) is 12.1 Å². The average Bonchev–Trinajstić information content (AvgIpc) is 3.16. The van der Waals surface area contributed by atoms with Crippen molar-refractivity contribution in [1.29, 1.82) is 0 Å². The smallest absolute Gasteiger partial charge is 0.233 e. The molecule has 3 atom stereocenters. The van der Waals surface area contributed by atoms with Crippen LogP contribution in [0.3, 0.4) is 0 Å². The van der Waals surface area contributed by atoms with Crippen LogP contribution in [0, 0.1) is 11.8 Å². The van der Waals surface area contributed by atoms with Gasteiger partial charge in [-0.3, -0.25) is 0 Å². The summed E-state index contributed by atoms with van der Waals surface area (Å²) in [5.74, 6) is 3.48. The topological polar surface area (TPSA) is 53.5 Å². The van der Waals surface area contributed by atoms with Gasteiger partial charge < -0.3 is 14.2 Å². The SMILES string of the molecule is COc1cc2ncc(O[C@H]3CC4CCC3C4)nc2cc1OC. The van der Waals surface area contributed by atoms with Crippen molar-refractivity contribution in [3.63, 3.8) is 0 Å². The lowest BCUT2D eigenvalue weighted by atomic mass is 9.98. The molecule has 0 saturated heterocycles. The Morgan fingerprint density at radius 3 is 2.41 bits per heavy atom. The highest BCUT2D eigenvalue weighted by atomic mass is 16.5. The highest BCUT2D eigenvalue weighted by Gasteiger charge is 2.41. The zero-order valence-corrected chi connectivity index (χ0v) is 12.9. The van der Waals surface area contributed by atoms with Crippen molar-refractivity contribution in [3.05, 3.63) is 18.3 Å². The number of benzene rings is 1. The molecule has 5 heteroatoms. The molecule has 22 heavy (non-hydrogen) atoms. The third kappa shape index (κ3) is 2.25. The minimum atomic E-state index is 0.311. The molecule has 0 aliphatic heterocycles. The summed E-state index contributed by atoms with van der Waals surface area (Å²) in [5.41, 5.74) is 1.54. The summed E-state index contributed by atoms with van der Waals surface area (Å²) in [7, 11) is 3.23. The summed E-state index contributed by atoms with van der Waals surface area (Å²) in [6, 6.07) is 3.68. The number of methoxy groups -OCH3 is 2. The van der Waals surface area contributed by atoms with Crippen LogP contribution in [0.2, 0.25) is 0 Å². The summed E-state index contributed by atoms with van der Waals surface area (Å²) in [6.07, 6.45) is 7.16. The number of rotatable bonds is 4. The number of nitrogens with zero attached hydrogens (tertiary/aromatic N) is 2. The van der Waals surface area contributed by atoms with Gasteiger partial charge >= 0.3 is 0 Å². The van der Waals surface area contributed by atoms with Gasteiger partial charge in [0, 0.05) is 12.1 Å². The molecule has 2 unspecified atom stereocenters. The molecule has 5 nitrogen and oxygen atoms in total. The van der Waals surface area contributed by atoms with Crippen LogP contribution in [-0.2, 0) is 0 Å². The second kappa shape index (κ2) is 5.30. The van der Waals surface area contributed by atoms with Crippen molar-refractivity contribution >= 4 is 11.0 Å². The fraction of sp³-hybridized carbons (Fsp3) is 0.529. The first-order valence-electron chi connectivity index (χ1n) is 7.82. The maximum atomic E-state index is 6.10. The predicted molar refractivity (Wildman–Crippen MR) is 82.5 cm³/mol. The molecule has 0 radical (unpaired) electrons. The molecule has 2 fully saturated rings. The van der Waals surface area contributed by atoms with E-state index in [1.165, 1.54) is 19.3 Å². The van der Waals surface area contributed by atoms with E-state index in [1.54, 1.807) is 20.4 Å². The zero-order valence-electron chi connectivity index (χ0n) is 12.9. The second-order valence-corrected chi connectivity index (χ2v) is 6.24. The summed E-state index contributed by atoms with van der Waals surface area (Å²) in [6.45, 7) is 0. The molecule has 116 valence electrons. The lowest BCUT2D eigenvalue weighted by molar-refractivity contribution is 0.132. The van der Waals surface area contributed by atoms with E-state index < -0.39 is 0 Å². The molecule has 0 N–H and O–H groups in total. The molecule has 0 spiro atoms. The maximum Gasteiger partial charge on any atom is 0.233 e. The Hall–Kier alpha value is -2.04. The monoisotopic (exact) mass is 300 g/mol. The Bertz CT molecular complexity index is 704. The Morgan fingerprint density at radius 1 is 1.00 bits per heavy atom. The molecule has 2 bridgehead atoms. The van der Waals surface area contributed by atoms with E-state index in [0.717, 1.165) is 23.4 Å². The first-order chi connectivity index (χ1) is 10.8. The van der Waals surface area contributed by atoms with Gasteiger partial charge in [-0.2, -0.15) is 0 Å². The van der Waals surface area contributed by atoms with Crippen LogP contribution in [0.5, 0.6) is 17.4 Å². The van der Waals surface area contributed by atoms with E-state index in [4.69, 9.17) is 14.2 Å². The fourth-order valence-corrected chi connectivity index (χ4v) is 3.87. The Balaban J connectivity index is 1.62. The van der Waals surface area contributed by atoms with Crippen molar-refractivity contribution in [3.8, 4) is 17.4 Å². The lowest BCUT2D eigenvalue weighted by Crippen LogP contribution is -2.23. The van der Waals surface area contributed by atoms with Crippen LogP contribution < -0.4 is 14.2 Å². The van der Waals surface area contributed by atoms with Gasteiger partial charge in [0.2, 0.25) is 5.88 Å². The number of aromatic nitrogens is 2. The van der Waals surface area contributed by atoms with Crippen LogP contribution in [-0.4, -0.2) is 30.3 Å². The van der Waals surface area contributed by atoms with Crippen molar-refractivity contribution in [2.45, 2.75) is 31.8 Å². The van der Waals surface area contributed by atoms with E-state index in [0.29, 0.717) is 29.4 Å². The van der Waals surface area contributed by atoms with Crippen LogP contribution in [0.1, 0.15) is 25.7 Å². The molecule has 2 aliphatic rings. The zero-order chi connectivity index (χ0) is 15.1. The summed E-state index contributed by atoms with van der Waals surface area (Å²) in [5, 5.41) is 0. The quantitative estimate of drug-likeness (QED) is 0.868. The van der Waals surface area contributed by atoms with Gasteiger partial charge in [-0.25, -0.2) is 9.97 Å². The van der Waals surface area contributed by atoms with Gasteiger partial charge in [0.1, 0.15) is 6.10 Å². The maximum absolute atomic E-state index is 6.10. The van der Waals surface area contributed by atoms with Gasteiger partial charge in [0.25, 0.3) is 0 Å². The average molecular weight is 300 g/mol. The van der Waals surface area contributed by atoms with Crippen LogP contribution in [0.4, 0.5) is 0 Å². The molecule has 1 aromatic heterocycles. The molecular weight excluding hydrogens is 280 g/mol. The second-order valence-electron chi connectivity index (χ2n) is 6.24. The fourth-order valence-electron chi connectivity index (χ4n) is 3.87. The highest BCUT2D eigenvalue weighted by molar-refractivity contribution is 5.79. The molecule has 1 heterocycles. The molecule has 2 aliphatic carbocycles. The van der Waals surface area contributed by atoms with Gasteiger partial charge in [-0.15, -0.1) is 0 Å². The number of hydrogen-bond acceptors (Lipinski definition) is 5. The van der Waals surface area contributed by atoms with Crippen LogP contribution in [0.25, 0.3) is 11.0 Å². The molecule has 2 aromatic rings. The normalized spacial score (nSPS) is 26.4. The van der Waals surface area contributed by atoms with E-state index in [-0.39, 0.29) is 0 Å². The van der Waals surface area contributed by atoms with Crippen molar-refractivity contribution in [2.75, 3.05) is 14.2 Å². The highest BCUT2D eigenvalue weighted by Crippen LogP contribution is 2.45. The third-order valence-electron chi connectivity index (χ3n) is 4.97. The lowest BCUT2D eigenvalue weighted by Gasteiger charge is -2.22. The van der Waals surface area contributed by atoms with Crippen LogP contribution in [0.15, 0.2) is 18.3 Å². The first-order valence-corrected chi connectivity index (χ1v) is 7.82.